The molecule has 2 rings (SSSR count). The molecule has 1 aromatic carbocycles. The Kier molecular flexibility index (Phi) is 2.49. The van der Waals surface area contributed by atoms with E-state index in [1.807, 2.05) is 0 Å². The molecule has 1 nitrogen and oxygen atoms in total. The fraction of sp³-hybridized carbons (Fsp3) is 0.538. The molecule has 76 valence electrons. The zero-order chi connectivity index (χ0) is 10.1. The van der Waals surface area contributed by atoms with Crippen LogP contribution >= 0.6 is 0 Å². The Balaban J connectivity index is 2.31. The Morgan fingerprint density at radius 2 is 2.00 bits per heavy atom. The first-order valence-corrected chi connectivity index (χ1v) is 5.44. The third-order valence-corrected chi connectivity index (χ3v) is 2.67. The smallest absolute Gasteiger partial charge is 0.126 e. The highest BCUT2D eigenvalue weighted by Gasteiger charge is 2.25. The van der Waals surface area contributed by atoms with Crippen molar-refractivity contribution >= 4 is 0 Å². The van der Waals surface area contributed by atoms with Crippen LogP contribution in [0.2, 0.25) is 0 Å². The molecule has 1 heteroatoms. The lowest BCUT2D eigenvalue weighted by Gasteiger charge is -2.15. The average molecular weight is 190 g/mol. The van der Waals surface area contributed by atoms with E-state index < -0.39 is 0 Å². The third kappa shape index (κ3) is 1.92. The molecular formula is C13H18O. The van der Waals surface area contributed by atoms with Gasteiger partial charge in [-0.1, -0.05) is 32.0 Å². The zero-order valence-corrected chi connectivity index (χ0v) is 9.21. The summed E-state index contributed by atoms with van der Waals surface area (Å²) in [5.41, 5.74) is 2.61. The molecule has 1 aliphatic carbocycles. The number of hydrogen-bond donors (Lipinski definition) is 0. The molecule has 1 saturated carbocycles. The van der Waals surface area contributed by atoms with Gasteiger partial charge in [-0.2, -0.15) is 0 Å². The highest BCUT2D eigenvalue weighted by Crippen LogP contribution is 2.34. The summed E-state index contributed by atoms with van der Waals surface area (Å²) in [7, 11) is 0. The fourth-order valence-corrected chi connectivity index (χ4v) is 1.64. The van der Waals surface area contributed by atoms with Crippen LogP contribution in [0.3, 0.4) is 0 Å². The maximum atomic E-state index is 5.95. The minimum atomic E-state index is 0.494. The van der Waals surface area contributed by atoms with Crippen LogP contribution in [0, 0.1) is 6.92 Å². The molecule has 14 heavy (non-hydrogen) atoms. The van der Waals surface area contributed by atoms with E-state index in [1.165, 1.54) is 24.0 Å². The van der Waals surface area contributed by atoms with E-state index in [-0.39, 0.29) is 0 Å². The van der Waals surface area contributed by atoms with E-state index in [0.29, 0.717) is 12.0 Å². The van der Waals surface area contributed by atoms with Crippen LogP contribution in [0.1, 0.15) is 43.7 Å². The standard InChI is InChI=1S/C13H18O/c1-9(2)12-6-4-5-10(3)13(12)14-11-7-8-11/h4-6,9,11H,7-8H2,1-3H3. The molecule has 0 unspecified atom stereocenters. The van der Waals surface area contributed by atoms with Crippen molar-refractivity contribution < 1.29 is 4.74 Å². The first-order chi connectivity index (χ1) is 6.68. The van der Waals surface area contributed by atoms with Gasteiger partial charge in [0.2, 0.25) is 0 Å². The lowest BCUT2D eigenvalue weighted by Crippen LogP contribution is -2.02. The Morgan fingerprint density at radius 3 is 2.57 bits per heavy atom. The van der Waals surface area contributed by atoms with E-state index >= 15 is 0 Å². The summed E-state index contributed by atoms with van der Waals surface area (Å²) < 4.78 is 5.95. The van der Waals surface area contributed by atoms with Crippen molar-refractivity contribution in [3.8, 4) is 5.75 Å². The SMILES string of the molecule is Cc1cccc(C(C)C)c1OC1CC1. The molecule has 0 amide bonds. The molecule has 0 atom stereocenters. The number of hydrogen-bond acceptors (Lipinski definition) is 1. The number of benzene rings is 1. The van der Waals surface area contributed by atoms with Crippen LogP contribution in [0.25, 0.3) is 0 Å². The monoisotopic (exact) mass is 190 g/mol. The van der Waals surface area contributed by atoms with Crippen LogP contribution in [0.15, 0.2) is 18.2 Å². The predicted octanol–water partition coefficient (Wildman–Crippen LogP) is 3.66. The number of para-hydroxylation sites is 1. The first-order valence-electron chi connectivity index (χ1n) is 5.44. The zero-order valence-electron chi connectivity index (χ0n) is 9.21. The van der Waals surface area contributed by atoms with E-state index in [9.17, 15) is 0 Å². The molecule has 0 saturated heterocycles. The highest BCUT2D eigenvalue weighted by atomic mass is 16.5. The normalized spacial score (nSPS) is 16.0. The van der Waals surface area contributed by atoms with Gasteiger partial charge >= 0.3 is 0 Å². The molecule has 0 bridgehead atoms. The first kappa shape index (κ1) is 9.57. The lowest BCUT2D eigenvalue weighted by molar-refractivity contribution is 0.297. The quantitative estimate of drug-likeness (QED) is 0.706. The molecule has 1 fully saturated rings. The Bertz CT molecular complexity index is 324. The van der Waals surface area contributed by atoms with Gasteiger partial charge in [0.05, 0.1) is 6.10 Å². The summed E-state index contributed by atoms with van der Waals surface area (Å²) in [4.78, 5) is 0. The second kappa shape index (κ2) is 3.64. The second-order valence-corrected chi connectivity index (χ2v) is 4.47. The molecule has 0 aromatic heterocycles. The van der Waals surface area contributed by atoms with Crippen LogP contribution < -0.4 is 4.74 Å². The molecule has 0 aliphatic heterocycles. The highest BCUT2D eigenvalue weighted by molar-refractivity contribution is 5.42. The van der Waals surface area contributed by atoms with Crippen molar-refractivity contribution in [1.82, 2.24) is 0 Å². The van der Waals surface area contributed by atoms with Gasteiger partial charge in [-0.25, -0.2) is 0 Å². The van der Waals surface area contributed by atoms with Crippen molar-refractivity contribution in [2.45, 2.75) is 45.6 Å². The number of ether oxygens (including phenoxy) is 1. The van der Waals surface area contributed by atoms with Crippen LogP contribution in [-0.2, 0) is 0 Å². The van der Waals surface area contributed by atoms with Gasteiger partial charge in [0.15, 0.2) is 0 Å². The van der Waals surface area contributed by atoms with E-state index in [2.05, 4.69) is 39.0 Å². The average Bonchev–Trinajstić information content (AvgIpc) is 2.91. The minimum Gasteiger partial charge on any atom is -0.490 e. The number of aryl methyl sites for hydroxylation is 1. The van der Waals surface area contributed by atoms with Crippen LogP contribution in [-0.4, -0.2) is 6.10 Å². The topological polar surface area (TPSA) is 9.23 Å². The second-order valence-electron chi connectivity index (χ2n) is 4.47. The Labute approximate surface area is 86.1 Å². The van der Waals surface area contributed by atoms with E-state index in [4.69, 9.17) is 4.74 Å². The van der Waals surface area contributed by atoms with Crippen molar-refractivity contribution in [3.05, 3.63) is 29.3 Å². The molecule has 0 N–H and O–H groups in total. The summed E-state index contributed by atoms with van der Waals surface area (Å²) in [5, 5.41) is 0. The summed E-state index contributed by atoms with van der Waals surface area (Å²) in [6, 6.07) is 6.42. The van der Waals surface area contributed by atoms with Gasteiger partial charge in [-0.05, 0) is 36.8 Å². The van der Waals surface area contributed by atoms with Crippen molar-refractivity contribution in [3.63, 3.8) is 0 Å². The Hall–Kier alpha value is -0.980. The van der Waals surface area contributed by atoms with Gasteiger partial charge in [0.25, 0.3) is 0 Å². The summed E-state index contributed by atoms with van der Waals surface area (Å²) in [6.07, 6.45) is 2.95. The molecule has 0 radical (unpaired) electrons. The summed E-state index contributed by atoms with van der Waals surface area (Å²) in [6.45, 7) is 6.56. The maximum Gasteiger partial charge on any atom is 0.126 e. The maximum absolute atomic E-state index is 5.95. The van der Waals surface area contributed by atoms with E-state index in [1.54, 1.807) is 0 Å². The minimum absolute atomic E-state index is 0.494. The Morgan fingerprint density at radius 1 is 1.29 bits per heavy atom. The van der Waals surface area contributed by atoms with Crippen LogP contribution in [0.4, 0.5) is 0 Å². The molecule has 0 spiro atoms. The molecule has 0 heterocycles. The van der Waals surface area contributed by atoms with Crippen molar-refractivity contribution in [2.75, 3.05) is 0 Å². The van der Waals surface area contributed by atoms with Crippen molar-refractivity contribution in [1.29, 1.82) is 0 Å². The van der Waals surface area contributed by atoms with Gasteiger partial charge < -0.3 is 4.74 Å². The third-order valence-electron chi connectivity index (χ3n) is 2.67. The van der Waals surface area contributed by atoms with Gasteiger partial charge in [-0.3, -0.25) is 0 Å². The molecule has 1 aliphatic rings. The van der Waals surface area contributed by atoms with Gasteiger partial charge in [0, 0.05) is 0 Å². The predicted molar refractivity (Wildman–Crippen MR) is 58.9 cm³/mol. The van der Waals surface area contributed by atoms with Gasteiger partial charge in [0.1, 0.15) is 5.75 Å². The molecular weight excluding hydrogens is 172 g/mol. The fourth-order valence-electron chi connectivity index (χ4n) is 1.64. The molecule has 1 aromatic rings. The largest absolute Gasteiger partial charge is 0.490 e. The van der Waals surface area contributed by atoms with Gasteiger partial charge in [-0.15, -0.1) is 0 Å². The summed E-state index contributed by atoms with van der Waals surface area (Å²) in [5.74, 6) is 1.67. The number of rotatable bonds is 3. The lowest BCUT2D eigenvalue weighted by atomic mass is 10.00. The van der Waals surface area contributed by atoms with Crippen molar-refractivity contribution in [2.24, 2.45) is 0 Å². The summed E-state index contributed by atoms with van der Waals surface area (Å²) >= 11 is 0. The van der Waals surface area contributed by atoms with E-state index in [0.717, 1.165) is 5.75 Å². The van der Waals surface area contributed by atoms with Crippen LogP contribution in [0.5, 0.6) is 5.75 Å².